The Balaban J connectivity index is 1.82. The molecule has 25 heavy (non-hydrogen) atoms. The number of fused-ring (bicyclic) bond motifs is 1. The van der Waals surface area contributed by atoms with Crippen molar-refractivity contribution in [1.29, 1.82) is 0 Å². The van der Waals surface area contributed by atoms with Crippen LogP contribution >= 0.6 is 0 Å². The highest BCUT2D eigenvalue weighted by Crippen LogP contribution is 2.18. The van der Waals surface area contributed by atoms with Crippen LogP contribution in [0, 0.1) is 0 Å². The van der Waals surface area contributed by atoms with Crippen molar-refractivity contribution < 1.29 is 13.2 Å². The zero-order valence-electron chi connectivity index (χ0n) is 13.7. The van der Waals surface area contributed by atoms with E-state index in [4.69, 9.17) is 0 Å². The molecule has 3 aromatic rings. The van der Waals surface area contributed by atoms with Crippen LogP contribution < -0.4 is 10.0 Å². The molecule has 1 amide bonds. The molecule has 0 aliphatic rings. The van der Waals surface area contributed by atoms with E-state index in [0.29, 0.717) is 17.2 Å². The number of nitrogens with one attached hydrogen (secondary N) is 2. The molecule has 0 bridgehead atoms. The number of carbonyl (C=O) groups excluding carboxylic acids is 1. The highest BCUT2D eigenvalue weighted by molar-refractivity contribution is 7.89. The van der Waals surface area contributed by atoms with E-state index in [1.54, 1.807) is 23.6 Å². The fraction of sp³-hybridized carbons (Fsp3) is 0.188. The lowest BCUT2D eigenvalue weighted by molar-refractivity contribution is -0.114. The molecule has 2 aromatic heterocycles. The summed E-state index contributed by atoms with van der Waals surface area (Å²) in [5.74, 6) is 0.273. The minimum absolute atomic E-state index is 0.0993. The molecule has 0 fully saturated rings. The van der Waals surface area contributed by atoms with Gasteiger partial charge in [-0.2, -0.15) is 0 Å². The summed E-state index contributed by atoms with van der Waals surface area (Å²) in [5, 5.41) is 10.7. The van der Waals surface area contributed by atoms with E-state index in [1.165, 1.54) is 31.2 Å². The molecule has 0 saturated carbocycles. The molecule has 1 atom stereocenters. The zero-order chi connectivity index (χ0) is 18.0. The number of carbonyl (C=O) groups is 1. The number of aromatic nitrogens is 3. The second-order valence-electron chi connectivity index (χ2n) is 5.54. The summed E-state index contributed by atoms with van der Waals surface area (Å²) in [6.45, 7) is 3.09. The van der Waals surface area contributed by atoms with Gasteiger partial charge in [0.25, 0.3) is 0 Å². The third kappa shape index (κ3) is 3.67. The van der Waals surface area contributed by atoms with Gasteiger partial charge < -0.3 is 5.32 Å². The van der Waals surface area contributed by atoms with Gasteiger partial charge in [0.15, 0.2) is 11.5 Å². The summed E-state index contributed by atoms with van der Waals surface area (Å²) in [4.78, 5) is 11.1. The molecule has 0 aliphatic heterocycles. The number of benzene rings is 1. The van der Waals surface area contributed by atoms with Crippen LogP contribution in [0.2, 0.25) is 0 Å². The highest BCUT2D eigenvalue weighted by Gasteiger charge is 2.21. The zero-order valence-corrected chi connectivity index (χ0v) is 14.5. The number of hydrogen-bond donors (Lipinski definition) is 2. The van der Waals surface area contributed by atoms with Gasteiger partial charge in [-0.25, -0.2) is 13.1 Å². The number of anilines is 1. The molecule has 8 nitrogen and oxygen atoms in total. The van der Waals surface area contributed by atoms with Gasteiger partial charge in [0, 0.05) is 18.8 Å². The average Bonchev–Trinajstić information content (AvgIpc) is 2.98. The summed E-state index contributed by atoms with van der Waals surface area (Å²) < 4.78 is 29.4. The van der Waals surface area contributed by atoms with Gasteiger partial charge in [0.2, 0.25) is 15.9 Å². The van der Waals surface area contributed by atoms with Gasteiger partial charge in [-0.15, -0.1) is 10.2 Å². The van der Waals surface area contributed by atoms with E-state index < -0.39 is 16.1 Å². The summed E-state index contributed by atoms with van der Waals surface area (Å²) in [6, 6.07) is 10.8. The standard InChI is InChI=1S/C16H17N5O3S/c1-11(16-19-18-15-5-3-4-10-21(15)16)20-25(23,24)14-8-6-13(7-9-14)17-12(2)22/h3-11,20H,1-2H3,(H,17,22)/t11-/m0/s1. The first kappa shape index (κ1) is 17.1. The Hall–Kier alpha value is -2.78. The first-order valence-electron chi connectivity index (χ1n) is 7.56. The lowest BCUT2D eigenvalue weighted by Gasteiger charge is -2.13. The number of rotatable bonds is 5. The Kier molecular flexibility index (Phi) is 4.51. The highest BCUT2D eigenvalue weighted by atomic mass is 32.2. The molecule has 0 radical (unpaired) electrons. The molecular formula is C16H17N5O3S. The molecular weight excluding hydrogens is 342 g/mol. The minimum Gasteiger partial charge on any atom is -0.326 e. The Morgan fingerprint density at radius 2 is 1.84 bits per heavy atom. The number of nitrogens with zero attached hydrogens (tertiary/aromatic N) is 3. The van der Waals surface area contributed by atoms with Crippen LogP contribution in [-0.4, -0.2) is 28.9 Å². The van der Waals surface area contributed by atoms with Crippen molar-refractivity contribution in [2.45, 2.75) is 24.8 Å². The van der Waals surface area contributed by atoms with E-state index >= 15 is 0 Å². The molecule has 0 spiro atoms. The largest absolute Gasteiger partial charge is 0.326 e. The Morgan fingerprint density at radius 1 is 1.12 bits per heavy atom. The van der Waals surface area contributed by atoms with Gasteiger partial charge >= 0.3 is 0 Å². The molecule has 3 rings (SSSR count). The van der Waals surface area contributed by atoms with Crippen molar-refractivity contribution >= 4 is 27.3 Å². The molecule has 1 aromatic carbocycles. The summed E-state index contributed by atoms with van der Waals surface area (Å²) in [6.07, 6.45) is 1.78. The van der Waals surface area contributed by atoms with Crippen LogP contribution in [0.3, 0.4) is 0 Å². The first-order valence-corrected chi connectivity index (χ1v) is 9.05. The second kappa shape index (κ2) is 6.61. The van der Waals surface area contributed by atoms with E-state index in [-0.39, 0.29) is 10.8 Å². The lowest BCUT2D eigenvalue weighted by atomic mass is 10.3. The summed E-state index contributed by atoms with van der Waals surface area (Å²) >= 11 is 0. The SMILES string of the molecule is CC(=O)Nc1ccc(S(=O)(=O)N[C@@H](C)c2nnc3ccccn23)cc1. The maximum atomic E-state index is 12.6. The van der Waals surface area contributed by atoms with Crippen LogP contribution in [0.15, 0.2) is 53.6 Å². The third-order valence-corrected chi connectivity index (χ3v) is 5.10. The van der Waals surface area contributed by atoms with Crippen molar-refractivity contribution in [2.24, 2.45) is 0 Å². The van der Waals surface area contributed by atoms with Crippen LogP contribution in [0.4, 0.5) is 5.69 Å². The Bertz CT molecular complexity index is 1010. The smallest absolute Gasteiger partial charge is 0.241 e. The summed E-state index contributed by atoms with van der Waals surface area (Å²) in [5.41, 5.74) is 1.17. The van der Waals surface area contributed by atoms with Gasteiger partial charge in [-0.1, -0.05) is 6.07 Å². The predicted octanol–water partition coefficient (Wildman–Crippen LogP) is 1.73. The second-order valence-corrected chi connectivity index (χ2v) is 7.25. The van der Waals surface area contributed by atoms with Crippen LogP contribution in [-0.2, 0) is 14.8 Å². The maximum absolute atomic E-state index is 12.6. The van der Waals surface area contributed by atoms with Crippen LogP contribution in [0.1, 0.15) is 25.7 Å². The van der Waals surface area contributed by atoms with Crippen molar-refractivity contribution in [3.63, 3.8) is 0 Å². The molecule has 2 N–H and O–H groups in total. The van der Waals surface area contributed by atoms with Gasteiger partial charge in [-0.3, -0.25) is 9.20 Å². The van der Waals surface area contributed by atoms with E-state index in [1.807, 2.05) is 12.1 Å². The van der Waals surface area contributed by atoms with Gasteiger partial charge in [0.05, 0.1) is 10.9 Å². The first-order chi connectivity index (χ1) is 11.9. The normalized spacial score (nSPS) is 12.9. The van der Waals surface area contributed by atoms with Gasteiger partial charge in [-0.05, 0) is 43.3 Å². The number of pyridine rings is 1. The fourth-order valence-electron chi connectivity index (χ4n) is 2.43. The average molecular weight is 359 g/mol. The lowest BCUT2D eigenvalue weighted by Crippen LogP contribution is -2.28. The van der Waals surface area contributed by atoms with Crippen molar-refractivity contribution in [3.05, 3.63) is 54.5 Å². The van der Waals surface area contributed by atoms with E-state index in [2.05, 4.69) is 20.2 Å². The maximum Gasteiger partial charge on any atom is 0.241 e. The number of amides is 1. The molecule has 0 aliphatic carbocycles. The quantitative estimate of drug-likeness (QED) is 0.722. The van der Waals surface area contributed by atoms with Crippen molar-refractivity contribution in [2.75, 3.05) is 5.32 Å². The Labute approximate surface area is 144 Å². The fourth-order valence-corrected chi connectivity index (χ4v) is 3.63. The third-order valence-electron chi connectivity index (χ3n) is 3.54. The summed E-state index contributed by atoms with van der Waals surface area (Å²) in [7, 11) is -3.74. The topological polar surface area (TPSA) is 105 Å². The van der Waals surface area contributed by atoms with Crippen molar-refractivity contribution in [1.82, 2.24) is 19.3 Å². The minimum atomic E-state index is -3.74. The van der Waals surface area contributed by atoms with Crippen LogP contribution in [0.5, 0.6) is 0 Å². The molecule has 130 valence electrons. The predicted molar refractivity (Wildman–Crippen MR) is 92.5 cm³/mol. The van der Waals surface area contributed by atoms with Gasteiger partial charge in [0.1, 0.15) is 0 Å². The molecule has 9 heteroatoms. The Morgan fingerprint density at radius 3 is 2.52 bits per heavy atom. The number of hydrogen-bond acceptors (Lipinski definition) is 5. The molecule has 0 saturated heterocycles. The van der Waals surface area contributed by atoms with E-state index in [9.17, 15) is 13.2 Å². The van der Waals surface area contributed by atoms with E-state index in [0.717, 1.165) is 0 Å². The van der Waals surface area contributed by atoms with Crippen LogP contribution in [0.25, 0.3) is 5.65 Å². The van der Waals surface area contributed by atoms with Crippen molar-refractivity contribution in [3.8, 4) is 0 Å². The molecule has 2 heterocycles. The number of sulfonamides is 1. The monoisotopic (exact) mass is 359 g/mol. The molecule has 0 unspecified atom stereocenters.